The minimum Gasteiger partial charge on any atom is -0.497 e. The summed E-state index contributed by atoms with van der Waals surface area (Å²) in [5.41, 5.74) is 5.42. The van der Waals surface area contributed by atoms with Gasteiger partial charge in [0.2, 0.25) is 6.23 Å². The van der Waals surface area contributed by atoms with E-state index < -0.39 is 0 Å². The third-order valence-electron chi connectivity index (χ3n) is 6.59. The molecule has 2 aliphatic rings. The van der Waals surface area contributed by atoms with Crippen molar-refractivity contribution < 1.29 is 14.2 Å². The molecule has 6 heteroatoms. The number of fused-ring (bicyclic) bond motifs is 3. The van der Waals surface area contributed by atoms with E-state index >= 15 is 0 Å². The molecular weight excluding hydrogens is 516 g/mol. The molecule has 4 aromatic carbocycles. The second-order valence-corrected chi connectivity index (χ2v) is 9.79. The molecule has 0 fully saturated rings. The zero-order valence-corrected chi connectivity index (χ0v) is 21.4. The number of halogens is 1. The van der Waals surface area contributed by atoms with E-state index in [0.29, 0.717) is 6.61 Å². The van der Waals surface area contributed by atoms with Gasteiger partial charge < -0.3 is 14.2 Å². The minimum absolute atomic E-state index is 0.0855. The SMILES string of the molecule is COc1ccc(C2=NN3[C@H](C2)c2cc(Br)ccc2O[C@H]3c2ccc(OCc3ccccc3)cc2)cc1. The Morgan fingerprint density at radius 2 is 1.67 bits per heavy atom. The molecule has 6 rings (SSSR count). The fourth-order valence-electron chi connectivity index (χ4n) is 4.71. The van der Waals surface area contributed by atoms with Crippen LogP contribution in [0.3, 0.4) is 0 Å². The number of nitrogens with zero attached hydrogens (tertiary/aromatic N) is 2. The Kier molecular flexibility index (Phi) is 6.11. The Bertz CT molecular complexity index is 1390. The number of ether oxygens (including phenoxy) is 3. The van der Waals surface area contributed by atoms with Crippen molar-refractivity contribution in [2.24, 2.45) is 5.10 Å². The van der Waals surface area contributed by atoms with Gasteiger partial charge in [-0.1, -0.05) is 46.3 Å². The van der Waals surface area contributed by atoms with Gasteiger partial charge in [-0.15, -0.1) is 0 Å². The van der Waals surface area contributed by atoms with Crippen LogP contribution in [0.15, 0.2) is 107 Å². The summed E-state index contributed by atoms with van der Waals surface area (Å²) in [5.74, 6) is 2.54. The predicted molar refractivity (Wildman–Crippen MR) is 143 cm³/mol. The van der Waals surface area contributed by atoms with E-state index in [2.05, 4.69) is 63.4 Å². The summed E-state index contributed by atoms with van der Waals surface area (Å²) < 4.78 is 18.9. The van der Waals surface area contributed by atoms with Crippen LogP contribution >= 0.6 is 15.9 Å². The van der Waals surface area contributed by atoms with E-state index in [-0.39, 0.29) is 12.3 Å². The number of hydrogen-bond donors (Lipinski definition) is 0. The molecule has 0 aliphatic carbocycles. The van der Waals surface area contributed by atoms with Gasteiger partial charge in [-0.2, -0.15) is 5.10 Å². The quantitative estimate of drug-likeness (QED) is 0.257. The van der Waals surface area contributed by atoms with Gasteiger partial charge in [-0.05, 0) is 77.9 Å². The average molecular weight is 541 g/mol. The smallest absolute Gasteiger partial charge is 0.213 e. The number of methoxy groups -OCH3 is 1. The third kappa shape index (κ3) is 4.44. The molecule has 0 saturated carbocycles. The first kappa shape index (κ1) is 22.7. The van der Waals surface area contributed by atoms with Crippen LogP contribution in [0.25, 0.3) is 0 Å². The van der Waals surface area contributed by atoms with E-state index in [1.165, 1.54) is 0 Å². The van der Waals surface area contributed by atoms with E-state index in [1.807, 2.05) is 54.6 Å². The van der Waals surface area contributed by atoms with Gasteiger partial charge >= 0.3 is 0 Å². The summed E-state index contributed by atoms with van der Waals surface area (Å²) >= 11 is 3.62. The number of benzene rings is 4. The predicted octanol–water partition coefficient (Wildman–Crippen LogP) is 7.28. The molecule has 180 valence electrons. The Balaban J connectivity index is 1.29. The number of rotatable bonds is 6. The summed E-state index contributed by atoms with van der Waals surface area (Å²) in [6.45, 7) is 0.534. The molecule has 0 radical (unpaired) electrons. The first-order chi connectivity index (χ1) is 17.7. The number of hydrogen-bond acceptors (Lipinski definition) is 5. The molecule has 4 aromatic rings. The minimum atomic E-state index is -0.331. The topological polar surface area (TPSA) is 43.3 Å². The van der Waals surface area contributed by atoms with Gasteiger partial charge in [0.15, 0.2) is 0 Å². The van der Waals surface area contributed by atoms with Crippen LogP contribution in [0.4, 0.5) is 0 Å². The molecule has 36 heavy (non-hydrogen) atoms. The molecule has 0 amide bonds. The normalized spacial score (nSPS) is 18.1. The maximum Gasteiger partial charge on any atom is 0.213 e. The lowest BCUT2D eigenvalue weighted by atomic mass is 9.96. The standard InChI is InChI=1S/C30H25BrN2O3/c1-34-24-12-7-21(8-13-24)27-18-28-26-17-23(31)11-16-29(26)36-30(33(28)32-27)22-9-14-25(15-10-22)35-19-20-5-3-2-4-6-20/h2-17,28,30H,18-19H2,1H3/t28-,30+/m1/s1. The van der Waals surface area contributed by atoms with E-state index in [4.69, 9.17) is 19.3 Å². The summed E-state index contributed by atoms with van der Waals surface area (Å²) in [6.07, 6.45) is 0.469. The van der Waals surface area contributed by atoms with Gasteiger partial charge in [0.25, 0.3) is 0 Å². The lowest BCUT2D eigenvalue weighted by molar-refractivity contribution is -0.0191. The molecule has 0 saturated heterocycles. The fraction of sp³-hybridized carbons (Fsp3) is 0.167. The van der Waals surface area contributed by atoms with Crippen molar-refractivity contribution in [3.8, 4) is 17.2 Å². The largest absolute Gasteiger partial charge is 0.497 e. The van der Waals surface area contributed by atoms with Crippen LogP contribution in [-0.4, -0.2) is 17.8 Å². The first-order valence-corrected chi connectivity index (χ1v) is 12.7. The Labute approximate surface area is 219 Å². The van der Waals surface area contributed by atoms with Gasteiger partial charge in [-0.25, -0.2) is 5.01 Å². The average Bonchev–Trinajstić information content (AvgIpc) is 3.38. The summed E-state index contributed by atoms with van der Waals surface area (Å²) in [4.78, 5) is 0. The van der Waals surface area contributed by atoms with Crippen LogP contribution in [0.5, 0.6) is 17.2 Å². The molecule has 0 unspecified atom stereocenters. The zero-order chi connectivity index (χ0) is 24.5. The molecule has 0 bridgehead atoms. The van der Waals surface area contributed by atoms with Crippen LogP contribution in [0, 0.1) is 0 Å². The van der Waals surface area contributed by atoms with Crippen molar-refractivity contribution in [2.45, 2.75) is 25.3 Å². The van der Waals surface area contributed by atoms with Crippen molar-refractivity contribution in [1.29, 1.82) is 0 Å². The van der Waals surface area contributed by atoms with Crippen LogP contribution in [0.2, 0.25) is 0 Å². The molecule has 2 aliphatic heterocycles. The number of hydrazone groups is 1. The van der Waals surface area contributed by atoms with Crippen molar-refractivity contribution >= 4 is 21.6 Å². The Morgan fingerprint density at radius 1 is 0.917 bits per heavy atom. The summed E-state index contributed by atoms with van der Waals surface area (Å²) in [7, 11) is 1.68. The van der Waals surface area contributed by atoms with Gasteiger partial charge in [0, 0.05) is 22.0 Å². The molecular formula is C30H25BrN2O3. The lowest BCUT2D eigenvalue weighted by Crippen LogP contribution is -2.33. The Hall–Kier alpha value is -3.77. The molecule has 2 atom stereocenters. The van der Waals surface area contributed by atoms with E-state index in [9.17, 15) is 0 Å². The molecule has 2 heterocycles. The first-order valence-electron chi connectivity index (χ1n) is 11.9. The van der Waals surface area contributed by atoms with Crippen molar-refractivity contribution in [3.05, 3.63) is 124 Å². The van der Waals surface area contributed by atoms with Gasteiger partial charge in [0.1, 0.15) is 23.9 Å². The van der Waals surface area contributed by atoms with Gasteiger partial charge in [0.05, 0.1) is 18.9 Å². The second kappa shape index (κ2) is 9.70. The maximum absolute atomic E-state index is 6.51. The highest BCUT2D eigenvalue weighted by Crippen LogP contribution is 2.48. The highest BCUT2D eigenvalue weighted by molar-refractivity contribution is 9.10. The molecule has 0 spiro atoms. The van der Waals surface area contributed by atoms with Crippen molar-refractivity contribution in [3.63, 3.8) is 0 Å². The molecule has 0 N–H and O–H groups in total. The van der Waals surface area contributed by atoms with Crippen LogP contribution in [-0.2, 0) is 6.61 Å². The zero-order valence-electron chi connectivity index (χ0n) is 19.8. The highest BCUT2D eigenvalue weighted by Gasteiger charge is 2.41. The van der Waals surface area contributed by atoms with Crippen molar-refractivity contribution in [1.82, 2.24) is 5.01 Å². The lowest BCUT2D eigenvalue weighted by Gasteiger charge is -2.38. The molecule has 0 aromatic heterocycles. The third-order valence-corrected chi connectivity index (χ3v) is 7.08. The van der Waals surface area contributed by atoms with E-state index in [0.717, 1.165) is 56.1 Å². The maximum atomic E-state index is 6.51. The second-order valence-electron chi connectivity index (χ2n) is 8.87. The summed E-state index contributed by atoms with van der Waals surface area (Å²) in [5, 5.41) is 7.15. The van der Waals surface area contributed by atoms with Gasteiger partial charge in [-0.3, -0.25) is 0 Å². The van der Waals surface area contributed by atoms with Crippen LogP contribution in [0.1, 0.15) is 40.9 Å². The summed E-state index contributed by atoms with van der Waals surface area (Å²) in [6, 6.07) is 32.6. The van der Waals surface area contributed by atoms with E-state index in [1.54, 1.807) is 7.11 Å². The Morgan fingerprint density at radius 3 is 2.42 bits per heavy atom. The van der Waals surface area contributed by atoms with Crippen LogP contribution < -0.4 is 14.2 Å². The monoisotopic (exact) mass is 540 g/mol. The van der Waals surface area contributed by atoms with Crippen molar-refractivity contribution in [2.75, 3.05) is 7.11 Å². The fourth-order valence-corrected chi connectivity index (χ4v) is 5.08. The molecule has 5 nitrogen and oxygen atoms in total. The highest BCUT2D eigenvalue weighted by atomic mass is 79.9.